The van der Waals surface area contributed by atoms with Gasteiger partial charge >= 0.3 is 6.03 Å². The molecule has 1 atom stereocenters. The van der Waals surface area contributed by atoms with Gasteiger partial charge in [-0.3, -0.25) is 10.1 Å². The topological polar surface area (TPSA) is 93.5 Å². The Kier molecular flexibility index (Phi) is 5.92. The fourth-order valence-corrected chi connectivity index (χ4v) is 1.51. The number of nitrogens with two attached hydrogens (primary N) is 1. The van der Waals surface area contributed by atoms with E-state index >= 15 is 0 Å². The zero-order valence-corrected chi connectivity index (χ0v) is 12.1. The summed E-state index contributed by atoms with van der Waals surface area (Å²) < 4.78 is 5.41. The summed E-state index contributed by atoms with van der Waals surface area (Å²) in [5.41, 5.74) is 6.19. The zero-order valence-electron chi connectivity index (χ0n) is 11.3. The minimum absolute atomic E-state index is 0.290. The molecule has 1 aromatic carbocycles. The Bertz CT molecular complexity index is 502. The van der Waals surface area contributed by atoms with Crippen LogP contribution in [0.3, 0.4) is 0 Å². The summed E-state index contributed by atoms with van der Waals surface area (Å²) in [7, 11) is 0. The third kappa shape index (κ3) is 4.85. The molecular weight excluding hydrogens is 278 g/mol. The number of ether oxygens (including phenoxy) is 1. The maximum atomic E-state index is 11.7. The van der Waals surface area contributed by atoms with Crippen LogP contribution in [0.15, 0.2) is 24.3 Å². The molecule has 1 aromatic rings. The lowest BCUT2D eigenvalue weighted by molar-refractivity contribution is -0.126. The van der Waals surface area contributed by atoms with E-state index in [9.17, 15) is 9.59 Å². The van der Waals surface area contributed by atoms with Gasteiger partial charge < -0.3 is 15.8 Å². The van der Waals surface area contributed by atoms with Gasteiger partial charge in [0.05, 0.1) is 0 Å². The molecule has 0 aliphatic rings. The van der Waals surface area contributed by atoms with E-state index in [2.05, 4.69) is 10.6 Å². The third-order valence-corrected chi connectivity index (χ3v) is 2.63. The highest BCUT2D eigenvalue weighted by molar-refractivity contribution is 7.80. The molecule has 0 fully saturated rings. The highest BCUT2D eigenvalue weighted by Gasteiger charge is 2.17. The normalized spacial score (nSPS) is 11.3. The van der Waals surface area contributed by atoms with E-state index < -0.39 is 18.0 Å². The number of benzene rings is 1. The maximum Gasteiger partial charge on any atom is 0.321 e. The molecule has 0 spiro atoms. The minimum Gasteiger partial charge on any atom is -0.481 e. The number of carbonyl (C=O) groups excluding carboxylic acids is 2. The van der Waals surface area contributed by atoms with Crippen molar-refractivity contribution >= 4 is 29.1 Å². The Balaban J connectivity index is 2.56. The van der Waals surface area contributed by atoms with E-state index in [1.807, 2.05) is 0 Å². The standard InChI is InChI=1S/C13H17N3O3S/c1-3-15-13(18)16-12(17)8(2)19-10-6-4-9(5-7-10)11(14)20/h4-8H,3H2,1-2H3,(H2,14,20)(H2,15,16,17,18). The van der Waals surface area contributed by atoms with E-state index in [-0.39, 0.29) is 0 Å². The third-order valence-electron chi connectivity index (χ3n) is 2.39. The van der Waals surface area contributed by atoms with Gasteiger partial charge in [-0.2, -0.15) is 0 Å². The monoisotopic (exact) mass is 295 g/mol. The van der Waals surface area contributed by atoms with Crippen LogP contribution in [0.2, 0.25) is 0 Å². The quantitative estimate of drug-likeness (QED) is 0.703. The second kappa shape index (κ2) is 7.44. The van der Waals surface area contributed by atoms with Crippen molar-refractivity contribution in [2.24, 2.45) is 5.73 Å². The largest absolute Gasteiger partial charge is 0.481 e. The predicted octanol–water partition coefficient (Wildman–Crippen LogP) is 0.934. The van der Waals surface area contributed by atoms with Gasteiger partial charge in [-0.05, 0) is 38.1 Å². The van der Waals surface area contributed by atoms with Crippen LogP contribution in [0, 0.1) is 0 Å². The van der Waals surface area contributed by atoms with Crippen molar-refractivity contribution in [3.05, 3.63) is 29.8 Å². The highest BCUT2D eigenvalue weighted by Crippen LogP contribution is 2.13. The summed E-state index contributed by atoms with van der Waals surface area (Å²) in [4.78, 5) is 23.2. The second-order valence-electron chi connectivity index (χ2n) is 4.00. The molecule has 0 bridgehead atoms. The molecule has 1 rings (SSSR count). The van der Waals surface area contributed by atoms with Crippen molar-refractivity contribution in [3.63, 3.8) is 0 Å². The average molecular weight is 295 g/mol. The number of imide groups is 1. The number of urea groups is 1. The number of thiocarbonyl (C=S) groups is 1. The van der Waals surface area contributed by atoms with Crippen LogP contribution in [0.25, 0.3) is 0 Å². The molecule has 20 heavy (non-hydrogen) atoms. The average Bonchev–Trinajstić information content (AvgIpc) is 2.39. The number of rotatable bonds is 5. The smallest absolute Gasteiger partial charge is 0.321 e. The molecule has 6 nitrogen and oxygen atoms in total. The molecular formula is C13H17N3O3S. The van der Waals surface area contributed by atoms with Crippen LogP contribution in [-0.2, 0) is 4.79 Å². The summed E-state index contributed by atoms with van der Waals surface area (Å²) in [5.74, 6) is -0.0297. The Morgan fingerprint density at radius 2 is 1.95 bits per heavy atom. The van der Waals surface area contributed by atoms with E-state index in [0.29, 0.717) is 22.8 Å². The minimum atomic E-state index is -0.798. The molecule has 1 unspecified atom stereocenters. The lowest BCUT2D eigenvalue weighted by atomic mass is 10.2. The molecule has 0 radical (unpaired) electrons. The Morgan fingerprint density at radius 1 is 1.35 bits per heavy atom. The Morgan fingerprint density at radius 3 is 2.45 bits per heavy atom. The molecule has 0 saturated carbocycles. The number of nitrogens with one attached hydrogen (secondary N) is 2. The van der Waals surface area contributed by atoms with Crippen molar-refractivity contribution in [1.82, 2.24) is 10.6 Å². The van der Waals surface area contributed by atoms with Crippen LogP contribution < -0.4 is 21.1 Å². The van der Waals surface area contributed by atoms with Gasteiger partial charge in [0.2, 0.25) is 0 Å². The lowest BCUT2D eigenvalue weighted by Crippen LogP contribution is -2.45. The number of amides is 3. The van der Waals surface area contributed by atoms with Crippen LogP contribution >= 0.6 is 12.2 Å². The Labute approximate surface area is 122 Å². The first-order chi connectivity index (χ1) is 9.43. The fourth-order valence-electron chi connectivity index (χ4n) is 1.37. The number of hydrogen-bond donors (Lipinski definition) is 3. The van der Waals surface area contributed by atoms with Crippen molar-refractivity contribution in [2.75, 3.05) is 6.54 Å². The van der Waals surface area contributed by atoms with E-state index in [4.69, 9.17) is 22.7 Å². The SMILES string of the molecule is CCNC(=O)NC(=O)C(C)Oc1ccc(C(N)=S)cc1. The first kappa shape index (κ1) is 15.9. The molecule has 0 aliphatic heterocycles. The molecule has 0 aliphatic carbocycles. The van der Waals surface area contributed by atoms with Crippen LogP contribution in [0.1, 0.15) is 19.4 Å². The molecule has 7 heteroatoms. The molecule has 108 valence electrons. The summed E-state index contributed by atoms with van der Waals surface area (Å²) in [6.45, 7) is 3.75. The Hall–Kier alpha value is -2.15. The van der Waals surface area contributed by atoms with E-state index in [0.717, 1.165) is 0 Å². The van der Waals surface area contributed by atoms with Crippen molar-refractivity contribution < 1.29 is 14.3 Å². The first-order valence-electron chi connectivity index (χ1n) is 6.09. The fraction of sp³-hybridized carbons (Fsp3) is 0.308. The van der Waals surface area contributed by atoms with Gasteiger partial charge in [0, 0.05) is 12.1 Å². The maximum absolute atomic E-state index is 11.7. The second-order valence-corrected chi connectivity index (χ2v) is 4.44. The van der Waals surface area contributed by atoms with Crippen LogP contribution in [0.5, 0.6) is 5.75 Å². The van der Waals surface area contributed by atoms with Gasteiger partial charge in [-0.25, -0.2) is 4.79 Å². The van der Waals surface area contributed by atoms with Crippen LogP contribution in [0.4, 0.5) is 4.79 Å². The molecule has 0 aromatic heterocycles. The molecule has 0 heterocycles. The first-order valence-corrected chi connectivity index (χ1v) is 6.50. The summed E-state index contributed by atoms with van der Waals surface area (Å²) >= 11 is 4.84. The number of carbonyl (C=O) groups is 2. The number of hydrogen-bond acceptors (Lipinski definition) is 4. The summed E-state index contributed by atoms with van der Waals surface area (Å²) in [6, 6.07) is 6.17. The van der Waals surface area contributed by atoms with Crippen LogP contribution in [-0.4, -0.2) is 29.6 Å². The van der Waals surface area contributed by atoms with Gasteiger partial charge in [-0.1, -0.05) is 12.2 Å². The molecule has 4 N–H and O–H groups in total. The summed E-state index contributed by atoms with van der Waals surface area (Å²) in [5, 5.41) is 4.64. The predicted molar refractivity (Wildman–Crippen MR) is 79.6 cm³/mol. The summed E-state index contributed by atoms with van der Waals surface area (Å²) in [6.07, 6.45) is -0.798. The van der Waals surface area contributed by atoms with E-state index in [1.54, 1.807) is 38.1 Å². The van der Waals surface area contributed by atoms with E-state index in [1.165, 1.54) is 0 Å². The van der Waals surface area contributed by atoms with Gasteiger partial charge in [-0.15, -0.1) is 0 Å². The van der Waals surface area contributed by atoms with Crippen molar-refractivity contribution in [3.8, 4) is 5.75 Å². The van der Waals surface area contributed by atoms with Gasteiger partial charge in [0.1, 0.15) is 10.7 Å². The molecule has 3 amide bonds. The van der Waals surface area contributed by atoms with Gasteiger partial charge in [0.15, 0.2) is 6.10 Å². The van der Waals surface area contributed by atoms with Gasteiger partial charge in [0.25, 0.3) is 5.91 Å². The molecule has 0 saturated heterocycles. The zero-order chi connectivity index (χ0) is 15.1. The lowest BCUT2D eigenvalue weighted by Gasteiger charge is -2.14. The van der Waals surface area contributed by atoms with Crippen molar-refractivity contribution in [2.45, 2.75) is 20.0 Å². The highest BCUT2D eigenvalue weighted by atomic mass is 32.1. The van der Waals surface area contributed by atoms with Crippen molar-refractivity contribution in [1.29, 1.82) is 0 Å².